The third-order valence-electron chi connectivity index (χ3n) is 1.94. The van der Waals surface area contributed by atoms with Crippen molar-refractivity contribution in [2.24, 2.45) is 0 Å². The smallest absolute Gasteiger partial charge is 0.330 e. The second kappa shape index (κ2) is 8.00. The Morgan fingerprint density at radius 1 is 1.43 bits per heavy atom. The minimum atomic E-state index is -0.337. The summed E-state index contributed by atoms with van der Waals surface area (Å²) in [6.45, 7) is 7.91. The molecule has 0 aromatic carbocycles. The summed E-state index contributed by atoms with van der Waals surface area (Å²) in [6, 6.07) is 0. The maximum atomic E-state index is 10.7. The molecule has 0 rings (SSSR count). The second-order valence-corrected chi connectivity index (χ2v) is 3.75. The van der Waals surface area contributed by atoms with Crippen LogP contribution in [0, 0.1) is 0 Å². The Kier molecular flexibility index (Phi) is 9.20. The minimum absolute atomic E-state index is 0. The van der Waals surface area contributed by atoms with E-state index < -0.39 is 0 Å². The lowest BCUT2D eigenvalue weighted by Crippen LogP contribution is -3.00. The van der Waals surface area contributed by atoms with Gasteiger partial charge in [0, 0.05) is 6.08 Å². The Morgan fingerprint density at radius 3 is 2.43 bits per heavy atom. The molecule has 84 valence electrons. The van der Waals surface area contributed by atoms with E-state index in [-0.39, 0.29) is 23.0 Å². The van der Waals surface area contributed by atoms with Crippen molar-refractivity contribution >= 4 is 5.97 Å². The lowest BCUT2D eigenvalue weighted by Gasteiger charge is -2.28. The molecule has 14 heavy (non-hydrogen) atoms. The molecular formula is C10H20BrNO2. The third-order valence-corrected chi connectivity index (χ3v) is 1.94. The summed E-state index contributed by atoms with van der Waals surface area (Å²) in [6.07, 6.45) is 2.34. The molecule has 0 spiro atoms. The summed E-state index contributed by atoms with van der Waals surface area (Å²) >= 11 is 0. The second-order valence-electron chi connectivity index (χ2n) is 3.75. The molecule has 0 atom stereocenters. The molecule has 0 saturated carbocycles. The van der Waals surface area contributed by atoms with E-state index in [0.717, 1.165) is 24.0 Å². The van der Waals surface area contributed by atoms with Crippen molar-refractivity contribution in [2.75, 3.05) is 33.8 Å². The van der Waals surface area contributed by atoms with Gasteiger partial charge < -0.3 is 26.2 Å². The fourth-order valence-corrected chi connectivity index (χ4v) is 1.17. The van der Waals surface area contributed by atoms with Crippen molar-refractivity contribution in [1.82, 2.24) is 0 Å². The van der Waals surface area contributed by atoms with Gasteiger partial charge >= 0.3 is 5.97 Å². The van der Waals surface area contributed by atoms with Crippen molar-refractivity contribution in [3.63, 3.8) is 0 Å². The van der Waals surface area contributed by atoms with Crippen LogP contribution in [0.5, 0.6) is 0 Å². The zero-order valence-corrected chi connectivity index (χ0v) is 10.8. The number of esters is 1. The summed E-state index contributed by atoms with van der Waals surface area (Å²) in [5.74, 6) is -0.337. The van der Waals surface area contributed by atoms with Crippen molar-refractivity contribution in [1.29, 1.82) is 0 Å². The molecule has 0 heterocycles. The van der Waals surface area contributed by atoms with Crippen LogP contribution in [0.15, 0.2) is 12.7 Å². The Hall–Kier alpha value is -0.350. The molecule has 0 aliphatic heterocycles. The molecule has 0 radical (unpaired) electrons. The van der Waals surface area contributed by atoms with Gasteiger partial charge in [-0.2, -0.15) is 0 Å². The maximum absolute atomic E-state index is 10.7. The number of nitrogens with zero attached hydrogens (tertiary/aromatic N) is 1. The zero-order valence-electron chi connectivity index (χ0n) is 9.25. The summed E-state index contributed by atoms with van der Waals surface area (Å²) in [7, 11) is 4.26. The van der Waals surface area contributed by atoms with Gasteiger partial charge in [-0.3, -0.25) is 0 Å². The van der Waals surface area contributed by atoms with E-state index in [1.807, 2.05) is 0 Å². The molecule has 0 amide bonds. The number of hydrogen-bond acceptors (Lipinski definition) is 2. The van der Waals surface area contributed by atoms with E-state index in [4.69, 9.17) is 4.74 Å². The third kappa shape index (κ3) is 8.26. The first-order valence-electron chi connectivity index (χ1n) is 4.63. The Bertz CT molecular complexity index is 181. The molecule has 0 N–H and O–H groups in total. The molecular weight excluding hydrogens is 246 g/mol. The summed E-state index contributed by atoms with van der Waals surface area (Å²) < 4.78 is 5.79. The first-order chi connectivity index (χ1) is 6.02. The van der Waals surface area contributed by atoms with Crippen molar-refractivity contribution < 1.29 is 31.0 Å². The summed E-state index contributed by atoms with van der Waals surface area (Å²) in [4.78, 5) is 10.7. The van der Waals surface area contributed by atoms with Gasteiger partial charge in [-0.15, -0.1) is 0 Å². The number of quaternary nitrogens is 1. The van der Waals surface area contributed by atoms with Crippen LogP contribution in [0.1, 0.15) is 13.3 Å². The minimum Gasteiger partial charge on any atom is -1.00 e. The fraction of sp³-hybridized carbons (Fsp3) is 0.700. The van der Waals surface area contributed by atoms with E-state index in [1.165, 1.54) is 6.08 Å². The first-order valence-corrected chi connectivity index (χ1v) is 4.63. The number of hydrogen-bond donors (Lipinski definition) is 0. The highest BCUT2D eigenvalue weighted by Crippen LogP contribution is 1.98. The molecule has 0 aromatic rings. The van der Waals surface area contributed by atoms with E-state index in [0.29, 0.717) is 6.61 Å². The Balaban J connectivity index is 0. The molecule has 0 aliphatic carbocycles. The normalized spacial score (nSPS) is 10.2. The highest BCUT2D eigenvalue weighted by atomic mass is 79.9. The SMILES string of the molecule is C=CC(=O)OCC[N+](C)(C)CCC.[Br-]. The van der Waals surface area contributed by atoms with Crippen LogP contribution in [-0.2, 0) is 9.53 Å². The van der Waals surface area contributed by atoms with Gasteiger partial charge in [0.25, 0.3) is 0 Å². The van der Waals surface area contributed by atoms with Gasteiger partial charge in [0.1, 0.15) is 13.2 Å². The van der Waals surface area contributed by atoms with Gasteiger partial charge in [-0.05, 0) is 6.42 Å². The number of rotatable bonds is 6. The quantitative estimate of drug-likeness (QED) is 0.322. The van der Waals surface area contributed by atoms with Crippen LogP contribution in [0.25, 0.3) is 0 Å². The van der Waals surface area contributed by atoms with Gasteiger partial charge in [0.2, 0.25) is 0 Å². The van der Waals surface area contributed by atoms with E-state index >= 15 is 0 Å². The molecule has 0 bridgehead atoms. The summed E-state index contributed by atoms with van der Waals surface area (Å²) in [5.41, 5.74) is 0. The van der Waals surface area contributed by atoms with Crippen LogP contribution in [0.4, 0.5) is 0 Å². The zero-order chi connectivity index (χ0) is 10.3. The van der Waals surface area contributed by atoms with Gasteiger partial charge in [0.05, 0.1) is 20.6 Å². The molecule has 4 heteroatoms. The maximum Gasteiger partial charge on any atom is 0.330 e. The van der Waals surface area contributed by atoms with Crippen LogP contribution < -0.4 is 17.0 Å². The average Bonchev–Trinajstić information content (AvgIpc) is 2.03. The van der Waals surface area contributed by atoms with Crippen molar-refractivity contribution in [3.8, 4) is 0 Å². The average molecular weight is 266 g/mol. The standard InChI is InChI=1S/C10H20NO2.BrH/c1-5-7-11(3,4)8-9-13-10(12)6-2;/h6H,2,5,7-9H2,1,3-4H3;1H/q+1;/p-1. The lowest BCUT2D eigenvalue weighted by molar-refractivity contribution is -0.890. The van der Waals surface area contributed by atoms with E-state index in [2.05, 4.69) is 27.6 Å². The molecule has 0 aromatic heterocycles. The molecule has 0 fully saturated rings. The van der Waals surface area contributed by atoms with Gasteiger partial charge in [0.15, 0.2) is 0 Å². The molecule has 0 aliphatic rings. The highest BCUT2D eigenvalue weighted by Gasteiger charge is 2.13. The van der Waals surface area contributed by atoms with Crippen molar-refractivity contribution in [3.05, 3.63) is 12.7 Å². The van der Waals surface area contributed by atoms with Crippen LogP contribution in [0.2, 0.25) is 0 Å². The van der Waals surface area contributed by atoms with E-state index in [9.17, 15) is 4.79 Å². The summed E-state index contributed by atoms with van der Waals surface area (Å²) in [5, 5.41) is 0. The largest absolute Gasteiger partial charge is 1.00 e. The van der Waals surface area contributed by atoms with Gasteiger partial charge in [-0.25, -0.2) is 4.79 Å². The van der Waals surface area contributed by atoms with Crippen LogP contribution in [-0.4, -0.2) is 44.2 Å². The predicted octanol–water partition coefficient (Wildman–Crippen LogP) is -1.79. The molecule has 0 unspecified atom stereocenters. The number of ether oxygens (including phenoxy) is 1. The number of carbonyl (C=O) groups excluding carboxylic acids is 1. The fourth-order valence-electron chi connectivity index (χ4n) is 1.17. The number of carbonyl (C=O) groups is 1. The molecule has 3 nitrogen and oxygen atoms in total. The van der Waals surface area contributed by atoms with Crippen LogP contribution in [0.3, 0.4) is 0 Å². The monoisotopic (exact) mass is 265 g/mol. The highest BCUT2D eigenvalue weighted by molar-refractivity contribution is 5.81. The predicted molar refractivity (Wildman–Crippen MR) is 53.3 cm³/mol. The number of halogens is 1. The first kappa shape index (κ1) is 16.1. The topological polar surface area (TPSA) is 26.3 Å². The van der Waals surface area contributed by atoms with Crippen molar-refractivity contribution in [2.45, 2.75) is 13.3 Å². The Morgan fingerprint density at radius 2 is 2.00 bits per heavy atom. The lowest BCUT2D eigenvalue weighted by atomic mass is 10.4. The van der Waals surface area contributed by atoms with Crippen LogP contribution >= 0.6 is 0 Å². The Labute approximate surface area is 97.1 Å². The van der Waals surface area contributed by atoms with Gasteiger partial charge in [-0.1, -0.05) is 13.5 Å². The molecule has 0 saturated heterocycles. The van der Waals surface area contributed by atoms with E-state index in [1.54, 1.807) is 0 Å². The number of likely N-dealkylation sites (N-methyl/N-ethyl adjacent to an activating group) is 1.